The van der Waals surface area contributed by atoms with E-state index < -0.39 is 41.8 Å². The van der Waals surface area contributed by atoms with Gasteiger partial charge in [-0.05, 0) is 56.8 Å². The third-order valence-corrected chi connectivity index (χ3v) is 6.03. The molecule has 13 nitrogen and oxygen atoms in total. The van der Waals surface area contributed by atoms with Crippen LogP contribution in [-0.2, 0) is 14.4 Å². The second kappa shape index (κ2) is 28.4. The molecule has 0 aliphatic rings. The van der Waals surface area contributed by atoms with Crippen molar-refractivity contribution in [1.82, 2.24) is 20.4 Å². The maximum atomic E-state index is 12.7. The summed E-state index contributed by atoms with van der Waals surface area (Å²) in [5, 5.41) is 14.0. The van der Waals surface area contributed by atoms with E-state index in [1.165, 1.54) is 24.3 Å². The minimum absolute atomic E-state index is 0.0902. The Kier molecular flexibility index (Phi) is 28.7. The van der Waals surface area contributed by atoms with Gasteiger partial charge in [-0.3, -0.25) is 19.4 Å². The minimum atomic E-state index is -1.30. The van der Waals surface area contributed by atoms with E-state index in [4.69, 9.17) is 21.3 Å². The number of benzene rings is 1. The lowest BCUT2D eigenvalue weighted by Crippen LogP contribution is -2.50. The van der Waals surface area contributed by atoms with Crippen LogP contribution in [0.5, 0.6) is 5.75 Å². The standard InChI is InChI=1S/C22H34N6O6.C8H19N.2C2H6/c1-22(2,14-28(3)21(33)34-15-8-5-4-6-9-15)13-26-19(32)16(10-7-11-25-20(23)24)27-17(29)12-18(30)31;1-5-6-8(2)7-9(3)4;2*1-2/h4-6,8-9,16H,7,10-14H2,1-3H3,(H,26,32)(H,27,29)(H,30,31)(H4,23,24,25);8H,5-7H2,1-4H3;2*1-2H3. The van der Waals surface area contributed by atoms with Gasteiger partial charge in [0.1, 0.15) is 18.2 Å². The molecule has 2 unspecified atom stereocenters. The first kappa shape index (κ1) is 47.5. The van der Waals surface area contributed by atoms with Crippen molar-refractivity contribution in [3.05, 3.63) is 30.3 Å². The molecule has 1 rings (SSSR count). The number of rotatable bonds is 17. The number of amides is 3. The zero-order valence-corrected chi connectivity index (χ0v) is 30.9. The van der Waals surface area contributed by atoms with Gasteiger partial charge in [0.25, 0.3) is 0 Å². The van der Waals surface area contributed by atoms with E-state index in [1.807, 2.05) is 47.6 Å². The molecular formula is C34H65N7O6. The summed E-state index contributed by atoms with van der Waals surface area (Å²) in [6.07, 6.45) is 1.98. The van der Waals surface area contributed by atoms with Crippen molar-refractivity contribution >= 4 is 29.8 Å². The lowest BCUT2D eigenvalue weighted by atomic mass is 9.92. The van der Waals surface area contributed by atoms with Crippen molar-refractivity contribution in [1.29, 1.82) is 0 Å². The highest BCUT2D eigenvalue weighted by atomic mass is 16.6. The fourth-order valence-electron chi connectivity index (χ4n) is 4.24. The van der Waals surface area contributed by atoms with Crippen molar-refractivity contribution in [3.8, 4) is 5.75 Å². The molecule has 13 heteroatoms. The van der Waals surface area contributed by atoms with Crippen molar-refractivity contribution in [3.63, 3.8) is 0 Å². The van der Waals surface area contributed by atoms with Gasteiger partial charge in [-0.15, -0.1) is 0 Å². The average molecular weight is 668 g/mol. The number of aliphatic imine (C=N–C) groups is 1. The lowest BCUT2D eigenvalue weighted by Gasteiger charge is -2.30. The fourth-order valence-corrected chi connectivity index (χ4v) is 4.24. The summed E-state index contributed by atoms with van der Waals surface area (Å²) in [6, 6.07) is 7.70. The number of carbonyl (C=O) groups excluding carboxylic acids is 3. The van der Waals surface area contributed by atoms with Crippen LogP contribution < -0.4 is 26.8 Å². The number of nitrogens with one attached hydrogen (secondary N) is 2. The highest BCUT2D eigenvalue weighted by Gasteiger charge is 2.27. The normalized spacial score (nSPS) is 11.4. The van der Waals surface area contributed by atoms with Crippen LogP contribution in [0.4, 0.5) is 4.79 Å². The summed E-state index contributed by atoms with van der Waals surface area (Å²) in [6.45, 7) is 18.2. The van der Waals surface area contributed by atoms with Crippen molar-refractivity contribution in [2.24, 2.45) is 27.8 Å². The molecule has 0 heterocycles. The van der Waals surface area contributed by atoms with Gasteiger partial charge in [0.05, 0.1) is 0 Å². The largest absolute Gasteiger partial charge is 0.481 e. The average Bonchev–Trinajstić information content (AvgIpc) is 2.99. The molecule has 272 valence electrons. The summed E-state index contributed by atoms with van der Waals surface area (Å²) in [7, 11) is 5.85. The summed E-state index contributed by atoms with van der Waals surface area (Å²) in [4.78, 5) is 55.2. The van der Waals surface area contributed by atoms with E-state index in [1.54, 1.807) is 31.3 Å². The van der Waals surface area contributed by atoms with Gasteiger partial charge in [0.15, 0.2) is 5.96 Å². The predicted molar refractivity (Wildman–Crippen MR) is 191 cm³/mol. The third-order valence-electron chi connectivity index (χ3n) is 6.03. The number of guanidine groups is 1. The Morgan fingerprint density at radius 2 is 1.57 bits per heavy atom. The summed E-state index contributed by atoms with van der Waals surface area (Å²) < 4.78 is 5.31. The van der Waals surface area contributed by atoms with E-state index in [-0.39, 0.29) is 32.0 Å². The van der Waals surface area contributed by atoms with E-state index in [0.717, 1.165) is 5.92 Å². The molecule has 7 N–H and O–H groups in total. The Hall–Kier alpha value is -3.87. The number of carboxylic acids is 1. The molecule has 0 bridgehead atoms. The minimum Gasteiger partial charge on any atom is -0.481 e. The maximum absolute atomic E-state index is 12.7. The summed E-state index contributed by atoms with van der Waals surface area (Å²) in [5.74, 6) is -1.37. The van der Waals surface area contributed by atoms with E-state index >= 15 is 0 Å². The van der Waals surface area contributed by atoms with Crippen LogP contribution in [0.15, 0.2) is 35.3 Å². The molecule has 0 aliphatic heterocycles. The smallest absolute Gasteiger partial charge is 0.414 e. The van der Waals surface area contributed by atoms with Crippen molar-refractivity contribution in [2.75, 3.05) is 47.3 Å². The molecule has 1 aromatic carbocycles. The third kappa shape index (κ3) is 28.1. The van der Waals surface area contributed by atoms with Crippen LogP contribution in [0.1, 0.15) is 87.5 Å². The fraction of sp³-hybridized carbons (Fsp3) is 0.676. The zero-order valence-electron chi connectivity index (χ0n) is 30.9. The molecule has 0 aliphatic carbocycles. The molecule has 0 saturated carbocycles. The molecule has 47 heavy (non-hydrogen) atoms. The molecular weight excluding hydrogens is 602 g/mol. The molecule has 2 atom stereocenters. The van der Waals surface area contributed by atoms with Crippen LogP contribution >= 0.6 is 0 Å². The number of hydrogen-bond acceptors (Lipinski definition) is 7. The van der Waals surface area contributed by atoms with Crippen molar-refractivity contribution in [2.45, 2.75) is 93.5 Å². The van der Waals surface area contributed by atoms with E-state index in [9.17, 15) is 19.2 Å². The highest BCUT2D eigenvalue weighted by Crippen LogP contribution is 2.17. The Labute approximate surface area is 283 Å². The molecule has 0 spiro atoms. The number of para-hydroxylation sites is 1. The number of hydrogen-bond donors (Lipinski definition) is 5. The van der Waals surface area contributed by atoms with Gasteiger partial charge in [0.2, 0.25) is 11.8 Å². The number of aliphatic carboxylic acids is 1. The van der Waals surface area contributed by atoms with Gasteiger partial charge in [-0.1, -0.05) is 80.0 Å². The van der Waals surface area contributed by atoms with Gasteiger partial charge in [-0.25, -0.2) is 4.79 Å². The van der Waals surface area contributed by atoms with Crippen LogP contribution in [0.3, 0.4) is 0 Å². The molecule has 0 saturated heterocycles. The van der Waals surface area contributed by atoms with Gasteiger partial charge in [-0.2, -0.15) is 0 Å². The second-order valence-electron chi connectivity index (χ2n) is 11.7. The Balaban J connectivity index is -0.00000126. The maximum Gasteiger partial charge on any atom is 0.414 e. The first-order valence-corrected chi connectivity index (χ1v) is 16.5. The quantitative estimate of drug-likeness (QED) is 0.0697. The van der Waals surface area contributed by atoms with Crippen LogP contribution in [0.25, 0.3) is 0 Å². The van der Waals surface area contributed by atoms with Gasteiger partial charge in [0, 0.05) is 33.2 Å². The highest BCUT2D eigenvalue weighted by molar-refractivity contribution is 5.96. The number of nitrogens with zero attached hydrogens (tertiary/aromatic N) is 3. The zero-order chi connectivity index (χ0) is 37.0. The molecule has 0 fully saturated rings. The number of carbonyl (C=O) groups is 4. The van der Waals surface area contributed by atoms with E-state index in [0.29, 0.717) is 12.2 Å². The Bertz CT molecular complexity index is 1020. The Morgan fingerprint density at radius 3 is 2.06 bits per heavy atom. The van der Waals surface area contributed by atoms with E-state index in [2.05, 4.69) is 48.5 Å². The molecule has 3 amide bonds. The topological polar surface area (TPSA) is 193 Å². The van der Waals surface area contributed by atoms with Crippen LogP contribution in [-0.4, -0.2) is 98.1 Å². The molecule has 0 aromatic heterocycles. The first-order chi connectivity index (χ1) is 22.1. The SMILES string of the molecule is CC.CC.CCCC(C)CN(C)C.CN(CC(C)(C)CNC(=O)C(CCCN=C(N)N)NC(=O)CC(=O)O)C(=O)Oc1ccccc1. The van der Waals surface area contributed by atoms with Crippen LogP contribution in [0.2, 0.25) is 0 Å². The number of nitrogens with two attached hydrogens (primary N) is 2. The van der Waals surface area contributed by atoms with Gasteiger partial charge >= 0.3 is 12.1 Å². The lowest BCUT2D eigenvalue weighted by molar-refractivity contribution is -0.141. The number of carboxylic acid groups (broad SMARTS) is 1. The number of ether oxygens (including phenoxy) is 1. The monoisotopic (exact) mass is 667 g/mol. The Morgan fingerprint density at radius 1 is 1.00 bits per heavy atom. The summed E-state index contributed by atoms with van der Waals surface area (Å²) in [5.41, 5.74) is 10.0. The first-order valence-electron chi connectivity index (χ1n) is 16.5. The van der Waals surface area contributed by atoms with Crippen LogP contribution in [0, 0.1) is 11.3 Å². The van der Waals surface area contributed by atoms with Gasteiger partial charge < -0.3 is 41.7 Å². The second-order valence-corrected chi connectivity index (χ2v) is 11.7. The molecule has 0 radical (unpaired) electrons. The predicted octanol–water partition coefficient (Wildman–Crippen LogP) is 4.31. The summed E-state index contributed by atoms with van der Waals surface area (Å²) >= 11 is 0. The van der Waals surface area contributed by atoms with Crippen molar-refractivity contribution < 1.29 is 29.0 Å². The molecule has 1 aromatic rings.